The molecule has 24 heavy (non-hydrogen) atoms. The molecular weight excluding hydrogens is 305 g/mol. The first kappa shape index (κ1) is 17.5. The Morgan fingerprint density at radius 2 is 1.67 bits per heavy atom. The molecular formula is C18H26BNO4. The van der Waals surface area contributed by atoms with E-state index >= 15 is 0 Å². The molecule has 0 saturated carbocycles. The van der Waals surface area contributed by atoms with Crippen LogP contribution in [0, 0.1) is 0 Å². The first-order chi connectivity index (χ1) is 11.0. The number of fused-ring (bicyclic) bond motifs is 1. The van der Waals surface area contributed by atoms with Gasteiger partial charge in [0.15, 0.2) is 0 Å². The van der Waals surface area contributed by atoms with E-state index in [0.29, 0.717) is 12.0 Å². The second-order valence-corrected chi connectivity index (χ2v) is 8.24. The number of carbonyl (C=O) groups excluding carboxylic acids is 1. The maximum Gasteiger partial charge on any atom is 0.494 e. The maximum absolute atomic E-state index is 12.4. The Balaban J connectivity index is 2.08. The van der Waals surface area contributed by atoms with E-state index in [1.807, 2.05) is 53.7 Å². The first-order valence-corrected chi connectivity index (χ1v) is 8.45. The Bertz CT molecular complexity index is 681. The Morgan fingerprint density at radius 1 is 1.08 bits per heavy atom. The molecule has 2 aliphatic heterocycles. The Morgan fingerprint density at radius 3 is 2.21 bits per heavy atom. The van der Waals surface area contributed by atoms with Gasteiger partial charge >= 0.3 is 7.12 Å². The normalized spacial score (nSPS) is 23.3. The molecule has 2 aliphatic rings. The molecule has 0 aromatic heterocycles. The van der Waals surface area contributed by atoms with Gasteiger partial charge in [0.25, 0.3) is 5.91 Å². The monoisotopic (exact) mass is 331 g/mol. The SMILES string of the molecule is CC1(C)NC(=O)c2cc(B3OC(C)(C)C(C)(C)O3)cc(CCO)c21. The summed E-state index contributed by atoms with van der Waals surface area (Å²) in [4.78, 5) is 12.4. The molecule has 6 heteroatoms. The number of benzene rings is 1. The molecule has 5 nitrogen and oxygen atoms in total. The van der Waals surface area contributed by atoms with Gasteiger partial charge in [0.2, 0.25) is 0 Å². The van der Waals surface area contributed by atoms with Gasteiger partial charge in [-0.25, -0.2) is 0 Å². The minimum atomic E-state index is -0.519. The highest BCUT2D eigenvalue weighted by molar-refractivity contribution is 6.62. The summed E-state index contributed by atoms with van der Waals surface area (Å²) in [6.45, 7) is 12.0. The van der Waals surface area contributed by atoms with Crippen LogP contribution in [0.15, 0.2) is 12.1 Å². The van der Waals surface area contributed by atoms with E-state index in [1.165, 1.54) is 0 Å². The molecule has 1 aromatic carbocycles. The summed E-state index contributed by atoms with van der Waals surface area (Å²) in [6.07, 6.45) is 0.494. The van der Waals surface area contributed by atoms with Crippen molar-refractivity contribution in [3.05, 3.63) is 28.8 Å². The van der Waals surface area contributed by atoms with E-state index in [-0.39, 0.29) is 12.5 Å². The molecule has 1 amide bonds. The summed E-state index contributed by atoms with van der Waals surface area (Å²) >= 11 is 0. The van der Waals surface area contributed by atoms with Gasteiger partial charge in [-0.15, -0.1) is 0 Å². The van der Waals surface area contributed by atoms with Crippen LogP contribution in [0.25, 0.3) is 0 Å². The largest absolute Gasteiger partial charge is 0.494 e. The number of aliphatic hydroxyl groups is 1. The third-order valence-electron chi connectivity index (χ3n) is 5.44. The van der Waals surface area contributed by atoms with Gasteiger partial charge in [-0.3, -0.25) is 4.79 Å². The van der Waals surface area contributed by atoms with Crippen LogP contribution in [0.5, 0.6) is 0 Å². The van der Waals surface area contributed by atoms with Crippen LogP contribution in [0.2, 0.25) is 0 Å². The highest BCUT2D eigenvalue weighted by Gasteiger charge is 2.52. The molecule has 2 heterocycles. The summed E-state index contributed by atoms with van der Waals surface area (Å²) in [7, 11) is -0.519. The van der Waals surface area contributed by atoms with Crippen LogP contribution in [0.4, 0.5) is 0 Å². The Kier molecular flexibility index (Phi) is 3.87. The molecule has 0 spiro atoms. The van der Waals surface area contributed by atoms with E-state index in [0.717, 1.165) is 16.6 Å². The fraction of sp³-hybridized carbons (Fsp3) is 0.611. The second kappa shape index (κ2) is 5.31. The van der Waals surface area contributed by atoms with Gasteiger partial charge < -0.3 is 19.7 Å². The second-order valence-electron chi connectivity index (χ2n) is 8.24. The number of hydrogen-bond donors (Lipinski definition) is 2. The molecule has 0 radical (unpaired) electrons. The summed E-state index contributed by atoms with van der Waals surface area (Å²) in [5.74, 6) is -0.0902. The van der Waals surface area contributed by atoms with Crippen LogP contribution in [-0.4, -0.2) is 35.9 Å². The van der Waals surface area contributed by atoms with Crippen LogP contribution in [0.1, 0.15) is 63.0 Å². The van der Waals surface area contributed by atoms with Gasteiger partial charge in [-0.1, -0.05) is 6.07 Å². The van der Waals surface area contributed by atoms with Crippen LogP contribution < -0.4 is 10.8 Å². The standard InChI is InChI=1S/C18H26BNO4/c1-16(2)14-11(7-8-21)9-12(10-13(14)15(22)20-16)19-23-17(3,4)18(5,6)24-19/h9-10,21H,7-8H2,1-6H3,(H,20,22). The lowest BCUT2D eigenvalue weighted by atomic mass is 9.75. The van der Waals surface area contributed by atoms with Crippen molar-refractivity contribution in [2.45, 2.75) is 64.7 Å². The lowest BCUT2D eigenvalue weighted by Crippen LogP contribution is -2.41. The van der Waals surface area contributed by atoms with Crippen molar-refractivity contribution in [1.82, 2.24) is 5.32 Å². The maximum atomic E-state index is 12.4. The predicted molar refractivity (Wildman–Crippen MR) is 93.4 cm³/mol. The summed E-state index contributed by atoms with van der Waals surface area (Å²) in [5.41, 5.74) is 2.08. The Labute approximate surface area is 143 Å². The highest BCUT2D eigenvalue weighted by Crippen LogP contribution is 2.38. The van der Waals surface area contributed by atoms with Crippen LogP contribution in [0.3, 0.4) is 0 Å². The van der Waals surface area contributed by atoms with Crippen molar-refractivity contribution in [1.29, 1.82) is 0 Å². The molecule has 1 aromatic rings. The van der Waals surface area contributed by atoms with Crippen LogP contribution in [-0.2, 0) is 21.3 Å². The minimum absolute atomic E-state index is 0.0313. The van der Waals surface area contributed by atoms with Crippen molar-refractivity contribution in [3.63, 3.8) is 0 Å². The summed E-state index contributed by atoms with van der Waals surface area (Å²) < 4.78 is 12.2. The average Bonchev–Trinajstić information content (AvgIpc) is 2.80. The smallest absolute Gasteiger partial charge is 0.399 e. The zero-order valence-corrected chi connectivity index (χ0v) is 15.3. The van der Waals surface area contributed by atoms with Crippen molar-refractivity contribution in [3.8, 4) is 0 Å². The number of carbonyl (C=O) groups is 1. The number of hydrogen-bond acceptors (Lipinski definition) is 4. The molecule has 0 unspecified atom stereocenters. The molecule has 0 atom stereocenters. The van der Waals surface area contributed by atoms with Crippen LogP contribution >= 0.6 is 0 Å². The average molecular weight is 331 g/mol. The quantitative estimate of drug-likeness (QED) is 0.824. The topological polar surface area (TPSA) is 67.8 Å². The first-order valence-electron chi connectivity index (χ1n) is 8.45. The van der Waals surface area contributed by atoms with Crippen molar-refractivity contribution < 1.29 is 19.2 Å². The Hall–Kier alpha value is -1.37. The molecule has 3 rings (SSSR count). The lowest BCUT2D eigenvalue weighted by Gasteiger charge is -2.32. The number of rotatable bonds is 3. The van der Waals surface area contributed by atoms with Gasteiger partial charge in [-0.2, -0.15) is 0 Å². The number of aliphatic hydroxyl groups excluding tert-OH is 1. The zero-order chi connectivity index (χ0) is 17.9. The third kappa shape index (κ3) is 2.57. The fourth-order valence-corrected chi connectivity index (χ4v) is 3.49. The lowest BCUT2D eigenvalue weighted by molar-refractivity contribution is 0.00578. The molecule has 1 fully saturated rings. The van der Waals surface area contributed by atoms with Gasteiger partial charge in [0, 0.05) is 12.2 Å². The predicted octanol–water partition coefficient (Wildman–Crippen LogP) is 1.50. The molecule has 130 valence electrons. The minimum Gasteiger partial charge on any atom is -0.399 e. The van der Waals surface area contributed by atoms with Crippen molar-refractivity contribution in [2.24, 2.45) is 0 Å². The van der Waals surface area contributed by atoms with Gasteiger partial charge in [-0.05, 0) is 70.6 Å². The van der Waals surface area contributed by atoms with E-state index in [2.05, 4.69) is 5.32 Å². The molecule has 0 bridgehead atoms. The highest BCUT2D eigenvalue weighted by atomic mass is 16.7. The van der Waals surface area contributed by atoms with Gasteiger partial charge in [0.1, 0.15) is 0 Å². The molecule has 2 N–H and O–H groups in total. The van der Waals surface area contributed by atoms with E-state index < -0.39 is 23.9 Å². The molecule has 1 saturated heterocycles. The van der Waals surface area contributed by atoms with Gasteiger partial charge in [0.05, 0.1) is 16.7 Å². The van der Waals surface area contributed by atoms with Crippen molar-refractivity contribution >= 4 is 18.5 Å². The van der Waals surface area contributed by atoms with E-state index in [9.17, 15) is 9.90 Å². The zero-order valence-electron chi connectivity index (χ0n) is 15.3. The third-order valence-corrected chi connectivity index (χ3v) is 5.44. The number of amides is 1. The number of nitrogens with one attached hydrogen (secondary N) is 1. The summed E-state index contributed by atoms with van der Waals surface area (Å²) in [6, 6.07) is 3.86. The van der Waals surface area contributed by atoms with E-state index in [1.54, 1.807) is 0 Å². The van der Waals surface area contributed by atoms with Crippen molar-refractivity contribution in [2.75, 3.05) is 6.61 Å². The van der Waals surface area contributed by atoms with E-state index in [4.69, 9.17) is 9.31 Å². The molecule has 0 aliphatic carbocycles. The fourth-order valence-electron chi connectivity index (χ4n) is 3.49. The summed E-state index contributed by atoms with van der Waals surface area (Å²) in [5, 5.41) is 12.4.